The van der Waals surface area contributed by atoms with E-state index in [1.807, 2.05) is 0 Å². The minimum atomic E-state index is -0.826. The Balaban J connectivity index is 1.71. The van der Waals surface area contributed by atoms with Crippen LogP contribution in [0.1, 0.15) is 24.2 Å². The molecule has 0 radical (unpaired) electrons. The smallest absolute Gasteiger partial charge is 0.251 e. The molecule has 1 unspecified atom stereocenters. The summed E-state index contributed by atoms with van der Waals surface area (Å²) in [5, 5.41) is 7.10. The number of hydrogen-bond donors (Lipinski definition) is 2. The van der Waals surface area contributed by atoms with Crippen LogP contribution in [0.25, 0.3) is 11.3 Å². The molecule has 0 saturated carbocycles. The summed E-state index contributed by atoms with van der Waals surface area (Å²) in [6.45, 7) is 3.60. The summed E-state index contributed by atoms with van der Waals surface area (Å²) in [7, 11) is 1.53. The predicted molar refractivity (Wildman–Crippen MR) is 115 cm³/mol. The zero-order valence-electron chi connectivity index (χ0n) is 17.1. The summed E-state index contributed by atoms with van der Waals surface area (Å²) in [4.78, 5) is 29.5. The standard InChI is InChI=1S/C22H21F2N3O3S/c1-12(2)19(26-20(28)13-4-7-15(30-3)8-5-13)21(29)27-22-25-18(11-31-22)16-10-14(23)6-9-17(16)24/h4-12,19H,1-3H3,(H,26,28)(H,25,27,29). The van der Waals surface area contributed by atoms with Gasteiger partial charge in [-0.1, -0.05) is 13.8 Å². The summed E-state index contributed by atoms with van der Waals surface area (Å²) >= 11 is 1.08. The Morgan fingerprint density at radius 1 is 1.10 bits per heavy atom. The van der Waals surface area contributed by atoms with Crippen LogP contribution in [0.15, 0.2) is 47.8 Å². The van der Waals surface area contributed by atoms with Gasteiger partial charge in [0.1, 0.15) is 23.4 Å². The van der Waals surface area contributed by atoms with Crippen molar-refractivity contribution >= 4 is 28.3 Å². The van der Waals surface area contributed by atoms with E-state index in [2.05, 4.69) is 15.6 Å². The highest BCUT2D eigenvalue weighted by molar-refractivity contribution is 7.14. The van der Waals surface area contributed by atoms with E-state index in [0.29, 0.717) is 11.3 Å². The number of benzene rings is 2. The van der Waals surface area contributed by atoms with Crippen molar-refractivity contribution in [2.45, 2.75) is 19.9 Å². The zero-order valence-corrected chi connectivity index (χ0v) is 17.9. The van der Waals surface area contributed by atoms with Gasteiger partial charge in [0, 0.05) is 16.5 Å². The van der Waals surface area contributed by atoms with Crippen molar-refractivity contribution < 1.29 is 23.1 Å². The minimum Gasteiger partial charge on any atom is -0.497 e. The summed E-state index contributed by atoms with van der Waals surface area (Å²) in [6.07, 6.45) is 0. The summed E-state index contributed by atoms with van der Waals surface area (Å²) in [5.74, 6) is -1.66. The summed E-state index contributed by atoms with van der Waals surface area (Å²) in [6, 6.07) is 8.77. The number of halogens is 2. The lowest BCUT2D eigenvalue weighted by Crippen LogP contribution is -2.47. The molecule has 1 heterocycles. The SMILES string of the molecule is COc1ccc(C(=O)NC(C(=O)Nc2nc(-c3cc(F)ccc3F)cs2)C(C)C)cc1. The molecule has 162 valence electrons. The number of ether oxygens (including phenoxy) is 1. The summed E-state index contributed by atoms with van der Waals surface area (Å²) in [5.41, 5.74) is 0.600. The van der Waals surface area contributed by atoms with Gasteiger partial charge in [0.05, 0.1) is 12.8 Å². The number of methoxy groups -OCH3 is 1. The first-order chi connectivity index (χ1) is 14.8. The zero-order chi connectivity index (χ0) is 22.5. The molecule has 0 aliphatic carbocycles. The maximum atomic E-state index is 14.0. The highest BCUT2D eigenvalue weighted by Crippen LogP contribution is 2.28. The molecule has 2 aromatic carbocycles. The largest absolute Gasteiger partial charge is 0.497 e. The van der Waals surface area contributed by atoms with Gasteiger partial charge < -0.3 is 15.4 Å². The average molecular weight is 445 g/mol. The molecule has 0 bridgehead atoms. The molecule has 2 amide bonds. The van der Waals surface area contributed by atoms with Gasteiger partial charge in [0.25, 0.3) is 5.91 Å². The van der Waals surface area contributed by atoms with Gasteiger partial charge in [-0.3, -0.25) is 9.59 Å². The van der Waals surface area contributed by atoms with E-state index in [0.717, 1.165) is 29.5 Å². The number of nitrogens with one attached hydrogen (secondary N) is 2. The van der Waals surface area contributed by atoms with Crippen LogP contribution in [0.2, 0.25) is 0 Å². The van der Waals surface area contributed by atoms with Gasteiger partial charge in [-0.05, 0) is 48.4 Å². The fourth-order valence-electron chi connectivity index (χ4n) is 2.83. The first kappa shape index (κ1) is 22.4. The highest BCUT2D eigenvalue weighted by atomic mass is 32.1. The van der Waals surface area contributed by atoms with Crippen molar-refractivity contribution in [1.29, 1.82) is 0 Å². The van der Waals surface area contributed by atoms with Gasteiger partial charge in [-0.15, -0.1) is 11.3 Å². The maximum absolute atomic E-state index is 14.0. The van der Waals surface area contributed by atoms with Crippen molar-refractivity contribution in [3.05, 3.63) is 65.0 Å². The van der Waals surface area contributed by atoms with Crippen LogP contribution in [-0.4, -0.2) is 29.9 Å². The Morgan fingerprint density at radius 3 is 2.45 bits per heavy atom. The second-order valence-corrected chi connectivity index (χ2v) is 7.93. The lowest BCUT2D eigenvalue weighted by atomic mass is 10.0. The number of anilines is 1. The number of aromatic nitrogens is 1. The van der Waals surface area contributed by atoms with Crippen LogP contribution in [-0.2, 0) is 4.79 Å². The lowest BCUT2D eigenvalue weighted by molar-refractivity contribution is -0.118. The van der Waals surface area contributed by atoms with Crippen molar-refractivity contribution in [1.82, 2.24) is 10.3 Å². The third-order valence-corrected chi connectivity index (χ3v) is 5.28. The quantitative estimate of drug-likeness (QED) is 0.562. The van der Waals surface area contributed by atoms with Gasteiger partial charge in [0.2, 0.25) is 5.91 Å². The molecule has 9 heteroatoms. The molecule has 0 aliphatic heterocycles. The van der Waals surface area contributed by atoms with E-state index in [9.17, 15) is 18.4 Å². The number of hydrogen-bond acceptors (Lipinski definition) is 5. The Hall–Kier alpha value is -3.33. The normalized spacial score (nSPS) is 11.8. The molecule has 1 atom stereocenters. The summed E-state index contributed by atoms with van der Waals surface area (Å²) < 4.78 is 32.5. The Kier molecular flexibility index (Phi) is 6.96. The second-order valence-electron chi connectivity index (χ2n) is 7.07. The number of carbonyl (C=O) groups excluding carboxylic acids is 2. The lowest BCUT2D eigenvalue weighted by Gasteiger charge is -2.21. The monoisotopic (exact) mass is 445 g/mol. The fourth-order valence-corrected chi connectivity index (χ4v) is 3.55. The van der Waals surface area contributed by atoms with Crippen LogP contribution >= 0.6 is 11.3 Å². The molecule has 6 nitrogen and oxygen atoms in total. The topological polar surface area (TPSA) is 80.3 Å². The fraction of sp³-hybridized carbons (Fsp3) is 0.227. The van der Waals surface area contributed by atoms with E-state index in [-0.39, 0.29) is 22.3 Å². The van der Waals surface area contributed by atoms with Gasteiger partial charge >= 0.3 is 0 Å². The van der Waals surface area contributed by atoms with Crippen LogP contribution in [0.4, 0.5) is 13.9 Å². The number of nitrogens with zero attached hydrogens (tertiary/aromatic N) is 1. The van der Waals surface area contributed by atoms with Crippen molar-refractivity contribution in [3.63, 3.8) is 0 Å². The molecule has 0 aliphatic rings. The Bertz CT molecular complexity index is 1080. The average Bonchev–Trinajstić information content (AvgIpc) is 3.21. The number of rotatable bonds is 7. The molecule has 0 spiro atoms. The molecular formula is C22H21F2N3O3S. The molecule has 2 N–H and O–H groups in total. The molecule has 3 aromatic rings. The molecule has 1 aromatic heterocycles. The highest BCUT2D eigenvalue weighted by Gasteiger charge is 2.25. The van der Waals surface area contributed by atoms with Crippen LogP contribution in [0.5, 0.6) is 5.75 Å². The van der Waals surface area contributed by atoms with Crippen LogP contribution in [0, 0.1) is 17.6 Å². The molecular weight excluding hydrogens is 424 g/mol. The van der Waals surface area contributed by atoms with E-state index >= 15 is 0 Å². The second kappa shape index (κ2) is 9.65. The Morgan fingerprint density at radius 2 is 1.81 bits per heavy atom. The third-order valence-electron chi connectivity index (χ3n) is 4.53. The minimum absolute atomic E-state index is 0.00460. The van der Waals surface area contributed by atoms with Crippen molar-refractivity contribution in [2.75, 3.05) is 12.4 Å². The van der Waals surface area contributed by atoms with Crippen LogP contribution < -0.4 is 15.4 Å². The van der Waals surface area contributed by atoms with E-state index < -0.39 is 29.5 Å². The maximum Gasteiger partial charge on any atom is 0.251 e. The van der Waals surface area contributed by atoms with E-state index in [1.165, 1.54) is 12.5 Å². The van der Waals surface area contributed by atoms with Gasteiger partial charge in [-0.2, -0.15) is 0 Å². The molecule has 0 saturated heterocycles. The van der Waals surface area contributed by atoms with Gasteiger partial charge in [-0.25, -0.2) is 13.8 Å². The first-order valence-electron chi connectivity index (χ1n) is 9.45. The van der Waals surface area contributed by atoms with Gasteiger partial charge in [0.15, 0.2) is 5.13 Å². The van der Waals surface area contributed by atoms with Crippen molar-refractivity contribution in [2.24, 2.45) is 5.92 Å². The third kappa shape index (κ3) is 5.43. The van der Waals surface area contributed by atoms with Crippen molar-refractivity contribution in [3.8, 4) is 17.0 Å². The number of thiazole rings is 1. The van der Waals surface area contributed by atoms with Crippen LogP contribution in [0.3, 0.4) is 0 Å². The number of amides is 2. The molecule has 3 rings (SSSR count). The Labute approximate surface area is 182 Å². The van der Waals surface area contributed by atoms with E-state index in [4.69, 9.17) is 4.74 Å². The first-order valence-corrected chi connectivity index (χ1v) is 10.3. The number of carbonyl (C=O) groups is 2. The predicted octanol–water partition coefficient (Wildman–Crippen LogP) is 4.49. The van der Waals surface area contributed by atoms with E-state index in [1.54, 1.807) is 38.1 Å². The molecule has 0 fully saturated rings. The molecule has 31 heavy (non-hydrogen) atoms.